The van der Waals surface area contributed by atoms with Crippen molar-refractivity contribution in [1.82, 2.24) is 5.32 Å². The molecule has 1 unspecified atom stereocenters. The van der Waals surface area contributed by atoms with Gasteiger partial charge in [0.25, 0.3) is 0 Å². The predicted molar refractivity (Wildman–Crippen MR) is 61.0 cm³/mol. The number of nitrogens with one attached hydrogen (secondary N) is 1. The average molecular weight is 247 g/mol. The van der Waals surface area contributed by atoms with Gasteiger partial charge in [-0.3, -0.25) is 0 Å². The van der Waals surface area contributed by atoms with Gasteiger partial charge in [0.05, 0.1) is 10.7 Å². The molecule has 0 amide bonds. The minimum Gasteiger partial charge on any atom is -0.363 e. The quantitative estimate of drug-likeness (QED) is 0.819. The molecule has 1 aliphatic heterocycles. The molecule has 0 spiro atoms. The number of piperazine rings is 1. The van der Waals surface area contributed by atoms with E-state index in [2.05, 4.69) is 5.32 Å². The van der Waals surface area contributed by atoms with Gasteiger partial charge in [0.1, 0.15) is 5.82 Å². The molecule has 16 heavy (non-hydrogen) atoms. The van der Waals surface area contributed by atoms with Crippen LogP contribution >= 0.6 is 11.6 Å². The molecular formula is C11H13ClF2N2. The molecule has 2 nitrogen and oxygen atoms in total. The maximum atomic E-state index is 13.7. The Bertz CT molecular complexity index is 375. The summed E-state index contributed by atoms with van der Waals surface area (Å²) >= 11 is 5.89. The molecule has 88 valence electrons. The van der Waals surface area contributed by atoms with Crippen LogP contribution in [0.2, 0.25) is 5.02 Å². The number of nitrogens with zero attached hydrogens (tertiary/aromatic N) is 1. The Labute approximate surface area is 98.2 Å². The van der Waals surface area contributed by atoms with Gasteiger partial charge in [-0.2, -0.15) is 0 Å². The van der Waals surface area contributed by atoms with Gasteiger partial charge in [-0.15, -0.1) is 0 Å². The van der Waals surface area contributed by atoms with Gasteiger partial charge in [0.2, 0.25) is 0 Å². The molecule has 1 aliphatic rings. The predicted octanol–water partition coefficient (Wildman–Crippen LogP) is 2.42. The van der Waals surface area contributed by atoms with Crippen LogP contribution in [0.3, 0.4) is 0 Å². The number of benzene rings is 1. The first-order valence-corrected chi connectivity index (χ1v) is 5.59. The third kappa shape index (κ3) is 2.13. The molecule has 2 rings (SSSR count). The Morgan fingerprint density at radius 3 is 2.81 bits per heavy atom. The Morgan fingerprint density at radius 2 is 2.19 bits per heavy atom. The van der Waals surface area contributed by atoms with E-state index in [4.69, 9.17) is 11.6 Å². The Kier molecular flexibility index (Phi) is 3.30. The molecule has 1 heterocycles. The van der Waals surface area contributed by atoms with E-state index in [9.17, 15) is 8.78 Å². The molecule has 1 saturated heterocycles. The van der Waals surface area contributed by atoms with Crippen LogP contribution in [-0.2, 0) is 0 Å². The van der Waals surface area contributed by atoms with E-state index in [1.807, 2.05) is 11.8 Å². The van der Waals surface area contributed by atoms with Crippen molar-refractivity contribution in [2.45, 2.75) is 13.0 Å². The van der Waals surface area contributed by atoms with Gasteiger partial charge < -0.3 is 10.2 Å². The fraction of sp³-hybridized carbons (Fsp3) is 0.455. The summed E-state index contributed by atoms with van der Waals surface area (Å²) in [7, 11) is 0. The van der Waals surface area contributed by atoms with Crippen molar-refractivity contribution in [3.8, 4) is 0 Å². The standard InChI is InChI=1S/C11H13ClF2N2/c1-7-6-15-2-3-16(7)11-9(12)4-8(13)5-10(11)14/h4-5,7,15H,2-3,6H2,1H3. The normalized spacial score (nSPS) is 21.2. The summed E-state index contributed by atoms with van der Waals surface area (Å²) in [5, 5.41) is 3.33. The summed E-state index contributed by atoms with van der Waals surface area (Å²) in [6, 6.07) is 2.16. The topological polar surface area (TPSA) is 15.3 Å². The van der Waals surface area contributed by atoms with Gasteiger partial charge in [-0.1, -0.05) is 11.6 Å². The Morgan fingerprint density at radius 1 is 1.44 bits per heavy atom. The van der Waals surface area contributed by atoms with Crippen LogP contribution in [0.25, 0.3) is 0 Å². The maximum Gasteiger partial charge on any atom is 0.150 e. The minimum atomic E-state index is -0.644. The number of rotatable bonds is 1. The number of hydrogen-bond acceptors (Lipinski definition) is 2. The first kappa shape index (κ1) is 11.6. The van der Waals surface area contributed by atoms with E-state index in [0.29, 0.717) is 12.2 Å². The zero-order valence-electron chi connectivity index (χ0n) is 8.93. The SMILES string of the molecule is CC1CNCCN1c1c(F)cc(F)cc1Cl. The fourth-order valence-electron chi connectivity index (χ4n) is 1.98. The van der Waals surface area contributed by atoms with Crippen molar-refractivity contribution in [3.05, 3.63) is 28.8 Å². The number of anilines is 1. The van der Waals surface area contributed by atoms with Crippen molar-refractivity contribution >= 4 is 17.3 Å². The molecule has 0 radical (unpaired) electrons. The second-order valence-electron chi connectivity index (χ2n) is 3.96. The lowest BCUT2D eigenvalue weighted by molar-refractivity contribution is 0.489. The van der Waals surface area contributed by atoms with Gasteiger partial charge in [-0.05, 0) is 13.0 Å². The van der Waals surface area contributed by atoms with Crippen LogP contribution in [0.5, 0.6) is 0 Å². The van der Waals surface area contributed by atoms with Crippen molar-refractivity contribution < 1.29 is 8.78 Å². The monoisotopic (exact) mass is 246 g/mol. The van der Waals surface area contributed by atoms with Crippen LogP contribution in [0.15, 0.2) is 12.1 Å². The zero-order chi connectivity index (χ0) is 11.7. The highest BCUT2D eigenvalue weighted by atomic mass is 35.5. The second kappa shape index (κ2) is 4.55. The molecule has 1 atom stereocenters. The molecule has 0 aliphatic carbocycles. The second-order valence-corrected chi connectivity index (χ2v) is 4.37. The van der Waals surface area contributed by atoms with Crippen LogP contribution in [0.1, 0.15) is 6.92 Å². The lowest BCUT2D eigenvalue weighted by Crippen LogP contribution is -2.50. The molecule has 0 bridgehead atoms. The first-order chi connectivity index (χ1) is 7.59. The number of hydrogen-bond donors (Lipinski definition) is 1. The summed E-state index contributed by atoms with van der Waals surface area (Å²) < 4.78 is 26.6. The van der Waals surface area contributed by atoms with Crippen molar-refractivity contribution in [2.75, 3.05) is 24.5 Å². The summed E-state index contributed by atoms with van der Waals surface area (Å²) in [5.74, 6) is -1.24. The zero-order valence-corrected chi connectivity index (χ0v) is 9.69. The smallest absolute Gasteiger partial charge is 0.150 e. The van der Waals surface area contributed by atoms with E-state index in [1.165, 1.54) is 0 Å². The van der Waals surface area contributed by atoms with E-state index in [-0.39, 0.29) is 11.1 Å². The van der Waals surface area contributed by atoms with Crippen LogP contribution in [0.4, 0.5) is 14.5 Å². The largest absolute Gasteiger partial charge is 0.363 e. The van der Waals surface area contributed by atoms with Crippen LogP contribution < -0.4 is 10.2 Å². The van der Waals surface area contributed by atoms with Crippen molar-refractivity contribution in [2.24, 2.45) is 0 Å². The average Bonchev–Trinajstić information content (AvgIpc) is 2.19. The molecule has 0 saturated carbocycles. The van der Waals surface area contributed by atoms with Crippen LogP contribution in [-0.4, -0.2) is 25.7 Å². The third-order valence-corrected chi connectivity index (χ3v) is 3.06. The van der Waals surface area contributed by atoms with Gasteiger partial charge in [-0.25, -0.2) is 8.78 Å². The molecule has 1 aromatic carbocycles. The van der Waals surface area contributed by atoms with E-state index in [1.54, 1.807) is 0 Å². The van der Waals surface area contributed by atoms with E-state index >= 15 is 0 Å². The molecule has 1 N–H and O–H groups in total. The Hall–Kier alpha value is -0.870. The summed E-state index contributed by atoms with van der Waals surface area (Å²) in [6.07, 6.45) is 0. The van der Waals surface area contributed by atoms with Gasteiger partial charge in [0, 0.05) is 31.7 Å². The molecule has 0 aromatic heterocycles. The minimum absolute atomic E-state index is 0.131. The maximum absolute atomic E-state index is 13.7. The first-order valence-electron chi connectivity index (χ1n) is 5.21. The lowest BCUT2D eigenvalue weighted by Gasteiger charge is -2.36. The Balaban J connectivity index is 2.38. The van der Waals surface area contributed by atoms with E-state index in [0.717, 1.165) is 25.2 Å². The summed E-state index contributed by atoms with van der Waals surface area (Å²) in [4.78, 5) is 1.87. The summed E-state index contributed by atoms with van der Waals surface area (Å²) in [6.45, 7) is 4.19. The molecule has 1 aromatic rings. The molecule has 1 fully saturated rings. The third-order valence-electron chi connectivity index (χ3n) is 2.77. The molecule has 5 heteroatoms. The highest BCUT2D eigenvalue weighted by Gasteiger charge is 2.23. The highest BCUT2D eigenvalue weighted by Crippen LogP contribution is 2.31. The summed E-state index contributed by atoms with van der Waals surface area (Å²) in [5.41, 5.74) is 0.303. The fourth-order valence-corrected chi connectivity index (χ4v) is 2.29. The van der Waals surface area contributed by atoms with Gasteiger partial charge >= 0.3 is 0 Å². The van der Waals surface area contributed by atoms with E-state index < -0.39 is 11.6 Å². The van der Waals surface area contributed by atoms with Gasteiger partial charge in [0.15, 0.2) is 5.82 Å². The van der Waals surface area contributed by atoms with Crippen LogP contribution in [0, 0.1) is 11.6 Å². The highest BCUT2D eigenvalue weighted by molar-refractivity contribution is 6.33. The molecular weight excluding hydrogens is 234 g/mol. The van der Waals surface area contributed by atoms with Crippen molar-refractivity contribution in [1.29, 1.82) is 0 Å². The lowest BCUT2D eigenvalue weighted by atomic mass is 10.1. The van der Waals surface area contributed by atoms with Crippen molar-refractivity contribution in [3.63, 3.8) is 0 Å². The number of halogens is 3.